The second-order valence-electron chi connectivity index (χ2n) is 18.5. The van der Waals surface area contributed by atoms with Gasteiger partial charge in [0.1, 0.15) is 13.2 Å². The van der Waals surface area contributed by atoms with Crippen molar-refractivity contribution in [3.8, 4) is 0 Å². The van der Waals surface area contributed by atoms with Crippen LogP contribution in [0.1, 0.15) is 278 Å². The average molecular weight is 909 g/mol. The van der Waals surface area contributed by atoms with Gasteiger partial charge in [0.05, 0.1) is 0 Å². The predicted molar refractivity (Wildman–Crippen MR) is 279 cm³/mol. The summed E-state index contributed by atoms with van der Waals surface area (Å²) >= 11 is 0. The summed E-state index contributed by atoms with van der Waals surface area (Å²) < 4.78 is 16.8. The highest BCUT2D eigenvalue weighted by Gasteiger charge is 2.19. The van der Waals surface area contributed by atoms with Gasteiger partial charge in [0, 0.05) is 19.3 Å². The maximum Gasteiger partial charge on any atom is 0.306 e. The summed E-state index contributed by atoms with van der Waals surface area (Å²) in [6.45, 7) is 6.52. The van der Waals surface area contributed by atoms with Crippen LogP contribution in [0.2, 0.25) is 0 Å². The van der Waals surface area contributed by atoms with Crippen LogP contribution in [0.4, 0.5) is 0 Å². The Labute approximate surface area is 402 Å². The van der Waals surface area contributed by atoms with Crippen LogP contribution in [0.3, 0.4) is 0 Å². The molecule has 0 fully saturated rings. The highest BCUT2D eigenvalue weighted by molar-refractivity contribution is 5.71. The first-order chi connectivity index (χ1) is 32.0. The van der Waals surface area contributed by atoms with E-state index < -0.39 is 6.10 Å². The lowest BCUT2D eigenvalue weighted by Gasteiger charge is -2.18. The Morgan fingerprint density at radius 2 is 0.600 bits per heavy atom. The summed E-state index contributed by atoms with van der Waals surface area (Å²) in [4.78, 5) is 38.0. The zero-order chi connectivity index (χ0) is 47.2. The van der Waals surface area contributed by atoms with Gasteiger partial charge < -0.3 is 14.2 Å². The fourth-order valence-corrected chi connectivity index (χ4v) is 7.88. The minimum absolute atomic E-state index is 0.0740. The molecule has 0 bridgehead atoms. The average Bonchev–Trinajstić information content (AvgIpc) is 3.30. The Morgan fingerprint density at radius 3 is 0.938 bits per heavy atom. The van der Waals surface area contributed by atoms with Crippen molar-refractivity contribution in [2.24, 2.45) is 0 Å². The number of carbonyl (C=O) groups is 3. The molecule has 1 atom stereocenters. The quantitative estimate of drug-likeness (QED) is 0.0262. The molecule has 65 heavy (non-hydrogen) atoms. The lowest BCUT2D eigenvalue weighted by molar-refractivity contribution is -0.167. The number of esters is 3. The maximum atomic E-state index is 12.8. The van der Waals surface area contributed by atoms with E-state index in [0.29, 0.717) is 19.3 Å². The molecule has 0 saturated heterocycles. The van der Waals surface area contributed by atoms with Crippen LogP contribution < -0.4 is 0 Å². The highest BCUT2D eigenvalue weighted by Crippen LogP contribution is 2.16. The van der Waals surface area contributed by atoms with Crippen LogP contribution in [-0.4, -0.2) is 37.2 Å². The fraction of sp³-hybridized carbons (Fsp3) is 0.780. The number of unbranched alkanes of at least 4 members (excludes halogenated alkanes) is 29. The van der Waals surface area contributed by atoms with Gasteiger partial charge in [-0.1, -0.05) is 255 Å². The summed E-state index contributed by atoms with van der Waals surface area (Å²) in [5.41, 5.74) is 0. The first-order valence-corrected chi connectivity index (χ1v) is 27.8. The largest absolute Gasteiger partial charge is 0.462 e. The van der Waals surface area contributed by atoms with Crippen molar-refractivity contribution in [2.75, 3.05) is 13.2 Å². The van der Waals surface area contributed by atoms with Gasteiger partial charge in [0.25, 0.3) is 0 Å². The molecule has 0 spiro atoms. The molecule has 0 aliphatic heterocycles. The Morgan fingerprint density at radius 1 is 0.323 bits per heavy atom. The summed E-state index contributed by atoms with van der Waals surface area (Å²) in [5, 5.41) is 0. The smallest absolute Gasteiger partial charge is 0.306 e. The maximum absolute atomic E-state index is 12.8. The van der Waals surface area contributed by atoms with Gasteiger partial charge in [-0.2, -0.15) is 0 Å². The third-order valence-electron chi connectivity index (χ3n) is 12.0. The van der Waals surface area contributed by atoms with Crippen LogP contribution in [0, 0.1) is 0 Å². The third kappa shape index (κ3) is 51.9. The molecular weight excluding hydrogens is 805 g/mol. The minimum Gasteiger partial charge on any atom is -0.462 e. The zero-order valence-corrected chi connectivity index (χ0v) is 43.0. The van der Waals surface area contributed by atoms with Crippen LogP contribution in [0.25, 0.3) is 0 Å². The van der Waals surface area contributed by atoms with E-state index >= 15 is 0 Å². The van der Waals surface area contributed by atoms with Gasteiger partial charge >= 0.3 is 17.9 Å². The SMILES string of the molecule is CC/C=C\C/C=C\C/C=C\C/C=C\C/C=C\CCCCCCCCCC(=O)OCC(COC(=O)CCCCCCCCCCCC)OC(=O)CCCCCCCCCCCCCCCC. The second-order valence-corrected chi connectivity index (χ2v) is 18.5. The lowest BCUT2D eigenvalue weighted by atomic mass is 10.0. The molecule has 0 aliphatic carbocycles. The van der Waals surface area contributed by atoms with Gasteiger partial charge in [-0.3, -0.25) is 14.4 Å². The number of rotatable bonds is 50. The van der Waals surface area contributed by atoms with Crippen molar-refractivity contribution >= 4 is 17.9 Å². The summed E-state index contributed by atoms with van der Waals surface area (Å²) in [6.07, 6.45) is 66.4. The molecule has 0 radical (unpaired) electrons. The van der Waals surface area contributed by atoms with E-state index in [1.165, 1.54) is 141 Å². The van der Waals surface area contributed by atoms with E-state index in [0.717, 1.165) is 96.3 Å². The van der Waals surface area contributed by atoms with Crippen LogP contribution >= 0.6 is 0 Å². The van der Waals surface area contributed by atoms with Crippen LogP contribution in [-0.2, 0) is 28.6 Å². The van der Waals surface area contributed by atoms with Crippen molar-refractivity contribution in [3.05, 3.63) is 60.8 Å². The zero-order valence-electron chi connectivity index (χ0n) is 43.0. The van der Waals surface area contributed by atoms with E-state index in [1.807, 2.05) is 0 Å². The number of allylic oxidation sites excluding steroid dienone is 10. The topological polar surface area (TPSA) is 78.9 Å². The summed E-state index contributed by atoms with van der Waals surface area (Å²) in [5.74, 6) is -0.876. The highest BCUT2D eigenvalue weighted by atomic mass is 16.6. The molecule has 0 rings (SSSR count). The Bertz CT molecular complexity index is 1180. The van der Waals surface area contributed by atoms with Gasteiger partial charge in [0.15, 0.2) is 6.10 Å². The molecule has 6 nitrogen and oxygen atoms in total. The molecular formula is C59H104O6. The first kappa shape index (κ1) is 62.1. The monoisotopic (exact) mass is 909 g/mol. The molecule has 0 aromatic heterocycles. The van der Waals surface area contributed by atoms with E-state index in [-0.39, 0.29) is 31.1 Å². The molecule has 0 aliphatic rings. The number of hydrogen-bond donors (Lipinski definition) is 0. The number of carbonyl (C=O) groups excluding carboxylic acids is 3. The van der Waals surface area contributed by atoms with Crippen molar-refractivity contribution in [1.82, 2.24) is 0 Å². The first-order valence-electron chi connectivity index (χ1n) is 27.8. The van der Waals surface area contributed by atoms with E-state index in [1.54, 1.807) is 0 Å². The molecule has 6 heteroatoms. The molecule has 0 aromatic carbocycles. The van der Waals surface area contributed by atoms with Gasteiger partial charge in [-0.05, 0) is 64.2 Å². The van der Waals surface area contributed by atoms with E-state index in [2.05, 4.69) is 81.5 Å². The van der Waals surface area contributed by atoms with Crippen molar-refractivity contribution in [2.45, 2.75) is 284 Å². The van der Waals surface area contributed by atoms with Crippen LogP contribution in [0.5, 0.6) is 0 Å². The third-order valence-corrected chi connectivity index (χ3v) is 12.0. The minimum atomic E-state index is -0.774. The van der Waals surface area contributed by atoms with Crippen LogP contribution in [0.15, 0.2) is 60.8 Å². The van der Waals surface area contributed by atoms with Crippen molar-refractivity contribution < 1.29 is 28.6 Å². The molecule has 0 saturated carbocycles. The lowest BCUT2D eigenvalue weighted by Crippen LogP contribution is -2.30. The van der Waals surface area contributed by atoms with Gasteiger partial charge in [-0.25, -0.2) is 0 Å². The summed E-state index contributed by atoms with van der Waals surface area (Å²) in [7, 11) is 0. The standard InChI is InChI=1S/C59H104O6/c1-4-7-10-13-16-19-22-24-26-27-28-29-30-31-32-33-34-36-37-40-43-46-49-52-58(61)64-55-56(54-63-57(60)51-48-45-42-39-21-18-15-12-9-6-3)65-59(62)53-50-47-44-41-38-35-25-23-20-17-14-11-8-5-2/h7,10,16,19,24,26,28-29,31-32,56H,4-6,8-9,11-15,17-18,20-23,25,27,30,33-55H2,1-3H3/b10-7-,19-16-,26-24-,29-28-,32-31-. The second kappa shape index (κ2) is 53.7. The molecule has 376 valence electrons. The fourth-order valence-electron chi connectivity index (χ4n) is 7.88. The molecule has 0 aromatic rings. The molecule has 0 heterocycles. The Balaban J connectivity index is 4.29. The Kier molecular flexibility index (Phi) is 51.3. The molecule has 0 N–H and O–H groups in total. The van der Waals surface area contributed by atoms with Gasteiger partial charge in [0.2, 0.25) is 0 Å². The Hall–Kier alpha value is -2.89. The summed E-state index contributed by atoms with van der Waals surface area (Å²) in [6, 6.07) is 0. The van der Waals surface area contributed by atoms with Gasteiger partial charge in [-0.15, -0.1) is 0 Å². The number of ether oxygens (including phenoxy) is 3. The number of hydrogen-bond acceptors (Lipinski definition) is 6. The molecule has 1 unspecified atom stereocenters. The van der Waals surface area contributed by atoms with E-state index in [4.69, 9.17) is 14.2 Å². The van der Waals surface area contributed by atoms with Crippen molar-refractivity contribution in [3.63, 3.8) is 0 Å². The predicted octanol–water partition coefficient (Wildman–Crippen LogP) is 18.4. The van der Waals surface area contributed by atoms with E-state index in [9.17, 15) is 14.4 Å². The molecule has 0 amide bonds. The normalized spacial score (nSPS) is 12.5. The van der Waals surface area contributed by atoms with Crippen molar-refractivity contribution in [1.29, 1.82) is 0 Å².